The molecule has 0 atom stereocenters. The highest BCUT2D eigenvalue weighted by atomic mass is 19.1. The molecule has 3 heterocycles. The number of anilines is 2. The summed E-state index contributed by atoms with van der Waals surface area (Å²) in [6, 6.07) is 19.0. The van der Waals surface area contributed by atoms with Gasteiger partial charge in [0.25, 0.3) is 5.56 Å². The number of aliphatic hydroxyl groups is 1. The van der Waals surface area contributed by atoms with Crippen LogP contribution in [0.5, 0.6) is 0 Å². The topological polar surface area (TPSA) is 123 Å². The third-order valence-electron chi connectivity index (χ3n) is 10.00. The Morgan fingerprint density at radius 3 is 2.57 bits per heavy atom. The first-order chi connectivity index (χ1) is 23.5. The first-order valence-corrected chi connectivity index (χ1v) is 17.0. The van der Waals surface area contributed by atoms with Gasteiger partial charge in [0, 0.05) is 36.0 Å². The average molecular weight is 659 g/mol. The zero-order valence-corrected chi connectivity index (χ0v) is 28.3. The Labute approximate surface area is 285 Å². The summed E-state index contributed by atoms with van der Waals surface area (Å²) in [7, 11) is 0. The summed E-state index contributed by atoms with van der Waals surface area (Å²) in [6.07, 6.45) is 8.11. The highest BCUT2D eigenvalue weighted by Crippen LogP contribution is 2.41. The van der Waals surface area contributed by atoms with Gasteiger partial charge in [-0.2, -0.15) is 4.98 Å². The van der Waals surface area contributed by atoms with E-state index < -0.39 is 18.0 Å². The fourth-order valence-corrected chi connectivity index (χ4v) is 7.34. The van der Waals surface area contributed by atoms with E-state index in [9.17, 15) is 9.90 Å². The summed E-state index contributed by atoms with van der Waals surface area (Å²) in [5.74, 6) is -0.00595. The standard InChI is InChI=1S/C40H43FN6O2/c1-24(26-10-8-25(9-11-26)21-46-16-5-15-40(2,3)23-46)18-31-36(44-39(43)45-37(31)42)30-6-4-7-34(32(30)22-48)47-17-14-28-19-29(27-12-13-27)20-33(41)35(28)38(47)49/h4,6-11,14,17-20,27,48H,5,12-13,15-16,21-23H2,1-3H3,(H4,42,43,44,45)/b24-18+. The number of hydrogen-bond donors (Lipinski definition) is 3. The lowest BCUT2D eigenvalue weighted by atomic mass is 9.84. The number of nitrogens with two attached hydrogens (primary N) is 2. The van der Waals surface area contributed by atoms with Gasteiger partial charge >= 0.3 is 0 Å². The number of pyridine rings is 1. The summed E-state index contributed by atoms with van der Waals surface area (Å²) in [5, 5.41) is 11.3. The predicted octanol–water partition coefficient (Wildman–Crippen LogP) is 7.30. The van der Waals surface area contributed by atoms with E-state index in [1.165, 1.54) is 29.0 Å². The van der Waals surface area contributed by atoms with Crippen molar-refractivity contribution < 1.29 is 9.50 Å². The number of nitrogen functional groups attached to an aromatic ring is 2. The largest absolute Gasteiger partial charge is 0.392 e. The molecular weight excluding hydrogens is 615 g/mol. The van der Waals surface area contributed by atoms with Crippen molar-refractivity contribution in [3.63, 3.8) is 0 Å². The summed E-state index contributed by atoms with van der Waals surface area (Å²) < 4.78 is 16.7. The fourth-order valence-electron chi connectivity index (χ4n) is 7.34. The van der Waals surface area contributed by atoms with Crippen LogP contribution in [0.4, 0.5) is 16.2 Å². The molecule has 2 aromatic heterocycles. The van der Waals surface area contributed by atoms with Crippen molar-refractivity contribution >= 4 is 34.2 Å². The lowest BCUT2D eigenvalue weighted by molar-refractivity contribution is 0.111. The molecule has 0 spiro atoms. The number of nitrogens with zero attached hydrogens (tertiary/aromatic N) is 4. The minimum Gasteiger partial charge on any atom is -0.392 e. The number of piperidine rings is 1. The maximum Gasteiger partial charge on any atom is 0.265 e. The van der Waals surface area contributed by atoms with E-state index in [0.717, 1.165) is 49.2 Å². The molecule has 0 bridgehead atoms. The van der Waals surface area contributed by atoms with Crippen molar-refractivity contribution in [2.24, 2.45) is 5.41 Å². The number of hydrogen-bond acceptors (Lipinski definition) is 7. The number of benzene rings is 3. The number of allylic oxidation sites excluding steroid dienone is 1. The minimum atomic E-state index is -0.539. The maximum atomic E-state index is 15.4. The molecule has 0 unspecified atom stereocenters. The molecule has 0 amide bonds. The van der Waals surface area contributed by atoms with Crippen LogP contribution < -0.4 is 17.0 Å². The summed E-state index contributed by atoms with van der Waals surface area (Å²) in [4.78, 5) is 25.1. The third kappa shape index (κ3) is 6.60. The molecule has 2 aliphatic rings. The van der Waals surface area contributed by atoms with Crippen LogP contribution in [0.25, 0.3) is 39.4 Å². The van der Waals surface area contributed by atoms with Gasteiger partial charge in [0.15, 0.2) is 0 Å². The van der Waals surface area contributed by atoms with Gasteiger partial charge in [-0.1, -0.05) is 56.3 Å². The molecule has 7 rings (SSSR count). The molecule has 0 radical (unpaired) electrons. The molecule has 1 aliphatic carbocycles. The fraction of sp³-hybridized carbons (Fsp3) is 0.325. The van der Waals surface area contributed by atoms with Gasteiger partial charge in [-0.25, -0.2) is 9.37 Å². The van der Waals surface area contributed by atoms with Crippen molar-refractivity contribution in [1.29, 1.82) is 0 Å². The predicted molar refractivity (Wildman–Crippen MR) is 196 cm³/mol. The van der Waals surface area contributed by atoms with Gasteiger partial charge in [0.05, 0.1) is 23.4 Å². The van der Waals surface area contributed by atoms with E-state index in [-0.39, 0.29) is 17.2 Å². The second-order valence-corrected chi connectivity index (χ2v) is 14.4. The minimum absolute atomic E-state index is 0.0155. The molecule has 8 nitrogen and oxygen atoms in total. The highest BCUT2D eigenvalue weighted by molar-refractivity contribution is 5.90. The third-order valence-corrected chi connectivity index (χ3v) is 10.00. The number of likely N-dealkylation sites (tertiary alicyclic amines) is 1. The van der Waals surface area contributed by atoms with Crippen LogP contribution in [0.1, 0.15) is 80.2 Å². The van der Waals surface area contributed by atoms with E-state index in [1.54, 1.807) is 30.5 Å². The zero-order chi connectivity index (χ0) is 34.4. The van der Waals surface area contributed by atoms with E-state index in [0.29, 0.717) is 44.8 Å². The van der Waals surface area contributed by atoms with Crippen molar-refractivity contribution in [1.82, 2.24) is 19.4 Å². The average Bonchev–Trinajstić information content (AvgIpc) is 3.91. The normalized spacial score (nSPS) is 16.7. The van der Waals surface area contributed by atoms with Gasteiger partial charge in [-0.05, 0) is 102 Å². The van der Waals surface area contributed by atoms with Crippen molar-refractivity contribution in [3.05, 3.63) is 111 Å². The molecule has 3 aromatic carbocycles. The van der Waals surface area contributed by atoms with Crippen molar-refractivity contribution in [2.45, 2.75) is 65.5 Å². The van der Waals surface area contributed by atoms with Crippen LogP contribution in [0.3, 0.4) is 0 Å². The molecule has 49 heavy (non-hydrogen) atoms. The lowest BCUT2D eigenvalue weighted by Gasteiger charge is -2.38. The monoisotopic (exact) mass is 658 g/mol. The smallest absolute Gasteiger partial charge is 0.265 e. The summed E-state index contributed by atoms with van der Waals surface area (Å²) in [5.41, 5.74) is 18.9. The van der Waals surface area contributed by atoms with Gasteiger partial charge in [-0.15, -0.1) is 0 Å². The van der Waals surface area contributed by atoms with E-state index >= 15 is 4.39 Å². The van der Waals surface area contributed by atoms with Crippen LogP contribution in [-0.2, 0) is 13.2 Å². The number of aromatic nitrogens is 3. The van der Waals surface area contributed by atoms with Crippen molar-refractivity contribution in [2.75, 3.05) is 24.6 Å². The molecule has 5 aromatic rings. The van der Waals surface area contributed by atoms with Crippen LogP contribution >= 0.6 is 0 Å². The highest BCUT2D eigenvalue weighted by Gasteiger charge is 2.27. The van der Waals surface area contributed by atoms with E-state index in [2.05, 4.69) is 53.0 Å². The van der Waals surface area contributed by atoms with E-state index in [4.69, 9.17) is 11.5 Å². The first-order valence-electron chi connectivity index (χ1n) is 17.0. The molecular formula is C40H43FN6O2. The second-order valence-electron chi connectivity index (χ2n) is 14.4. The molecule has 1 saturated carbocycles. The summed E-state index contributed by atoms with van der Waals surface area (Å²) in [6.45, 7) is 9.40. The maximum absolute atomic E-state index is 15.4. The number of rotatable bonds is 8. The molecule has 1 aliphatic heterocycles. The van der Waals surface area contributed by atoms with Crippen molar-refractivity contribution in [3.8, 4) is 16.9 Å². The molecule has 252 valence electrons. The summed E-state index contributed by atoms with van der Waals surface area (Å²) >= 11 is 0. The number of fused-ring (bicyclic) bond motifs is 1. The Morgan fingerprint density at radius 2 is 1.86 bits per heavy atom. The second kappa shape index (κ2) is 12.9. The quantitative estimate of drug-likeness (QED) is 0.160. The zero-order valence-electron chi connectivity index (χ0n) is 28.3. The number of halogens is 1. The Balaban J connectivity index is 1.25. The van der Waals surface area contributed by atoms with Gasteiger partial charge in [-0.3, -0.25) is 14.3 Å². The van der Waals surface area contributed by atoms with Crippen LogP contribution in [0.2, 0.25) is 0 Å². The molecule has 2 fully saturated rings. The Bertz CT molecular complexity index is 2150. The SMILES string of the molecule is C/C(=C\c1c(N)nc(N)nc1-c1cccc(-n2ccc3cc(C4CC4)cc(F)c3c2=O)c1CO)c1ccc(CN2CCCC(C)(C)C2)cc1. The molecule has 1 saturated heterocycles. The first kappa shape index (κ1) is 32.7. The van der Waals surface area contributed by atoms with E-state index in [1.807, 2.05) is 19.1 Å². The molecule has 9 heteroatoms. The lowest BCUT2D eigenvalue weighted by Crippen LogP contribution is -2.39. The van der Waals surface area contributed by atoms with Crippen LogP contribution in [0.15, 0.2) is 71.7 Å². The Hall–Kier alpha value is -4.86. The van der Waals surface area contributed by atoms with Crippen LogP contribution in [-0.4, -0.2) is 37.6 Å². The Kier molecular flexibility index (Phi) is 8.58. The van der Waals surface area contributed by atoms with Gasteiger partial charge in [0.2, 0.25) is 5.95 Å². The molecule has 5 N–H and O–H groups in total. The Morgan fingerprint density at radius 1 is 1.08 bits per heavy atom. The van der Waals surface area contributed by atoms with Gasteiger partial charge < -0.3 is 16.6 Å². The number of aliphatic hydroxyl groups excluding tert-OH is 1. The van der Waals surface area contributed by atoms with Crippen LogP contribution in [0, 0.1) is 11.2 Å². The van der Waals surface area contributed by atoms with Gasteiger partial charge in [0.1, 0.15) is 11.6 Å².